The lowest BCUT2D eigenvalue weighted by Gasteiger charge is -2.06. The molecule has 0 N–H and O–H groups in total. The number of nitrogens with zero attached hydrogens (tertiary/aromatic N) is 2. The summed E-state index contributed by atoms with van der Waals surface area (Å²) in [6, 6.07) is 3.67. The smallest absolute Gasteiger partial charge is 0.197 e. The van der Waals surface area contributed by atoms with E-state index in [1.165, 1.54) is 0 Å². The molecule has 0 saturated heterocycles. The molecule has 0 spiro atoms. The molecule has 2 heterocycles. The van der Waals surface area contributed by atoms with Crippen molar-refractivity contribution in [1.29, 1.82) is 0 Å². The van der Waals surface area contributed by atoms with Crippen LogP contribution in [-0.2, 0) is 0 Å². The van der Waals surface area contributed by atoms with Gasteiger partial charge in [-0.05, 0) is 30.5 Å². The molecule has 16 heavy (non-hydrogen) atoms. The van der Waals surface area contributed by atoms with Crippen LogP contribution in [0.5, 0.6) is 0 Å². The number of aryl methyl sites for hydroxylation is 1. The highest BCUT2D eigenvalue weighted by Gasteiger charge is 2.12. The van der Waals surface area contributed by atoms with Gasteiger partial charge in [-0.3, -0.25) is 0 Å². The highest BCUT2D eigenvalue weighted by atomic mass is 35.5. The summed E-state index contributed by atoms with van der Waals surface area (Å²) in [5.41, 5.74) is 1.93. The summed E-state index contributed by atoms with van der Waals surface area (Å²) >= 11 is 5.97. The van der Waals surface area contributed by atoms with E-state index in [1.807, 2.05) is 13.0 Å². The molecule has 0 amide bonds. The summed E-state index contributed by atoms with van der Waals surface area (Å²) in [7, 11) is 0. The van der Waals surface area contributed by atoms with Gasteiger partial charge in [-0.2, -0.15) is 0 Å². The number of rotatable bonds is 2. The molecular weight excluding hydrogens is 224 g/mol. The van der Waals surface area contributed by atoms with Crippen molar-refractivity contribution in [2.24, 2.45) is 0 Å². The average molecular weight is 237 g/mol. The Balaban J connectivity index is 2.54. The van der Waals surface area contributed by atoms with E-state index < -0.39 is 0 Å². The molecule has 0 fully saturated rings. The van der Waals surface area contributed by atoms with Gasteiger partial charge in [0, 0.05) is 5.69 Å². The highest BCUT2D eigenvalue weighted by molar-refractivity contribution is 6.29. The predicted octanol–water partition coefficient (Wildman–Crippen LogP) is 3.82. The second-order valence-corrected chi connectivity index (χ2v) is 4.41. The van der Waals surface area contributed by atoms with Crippen LogP contribution in [0.15, 0.2) is 22.8 Å². The Morgan fingerprint density at radius 3 is 2.62 bits per heavy atom. The average Bonchev–Trinajstić information content (AvgIpc) is 2.63. The minimum atomic E-state index is 0.314. The Hall–Kier alpha value is -1.35. The molecule has 0 aliphatic carbocycles. The van der Waals surface area contributed by atoms with E-state index in [0.29, 0.717) is 22.7 Å². The predicted molar refractivity (Wildman–Crippen MR) is 63.6 cm³/mol. The molecule has 0 aromatic carbocycles. The number of hydrogen-bond donors (Lipinski definition) is 0. The first kappa shape index (κ1) is 11.1. The van der Waals surface area contributed by atoms with E-state index in [1.54, 1.807) is 12.3 Å². The first-order valence-corrected chi connectivity index (χ1v) is 5.54. The zero-order valence-corrected chi connectivity index (χ0v) is 10.2. The number of halogens is 1. The first-order valence-electron chi connectivity index (χ1n) is 5.17. The largest absolute Gasteiger partial charge is 0.461 e. The van der Waals surface area contributed by atoms with E-state index in [-0.39, 0.29) is 0 Å². The molecule has 0 radical (unpaired) electrons. The molecule has 3 nitrogen and oxygen atoms in total. The lowest BCUT2D eigenvalue weighted by atomic mass is 10.1. The second kappa shape index (κ2) is 4.26. The molecule has 4 heteroatoms. The molecule has 84 valence electrons. The van der Waals surface area contributed by atoms with Crippen molar-refractivity contribution >= 4 is 11.6 Å². The molecule has 0 saturated carbocycles. The lowest BCUT2D eigenvalue weighted by Crippen LogP contribution is -1.98. The molecule has 0 unspecified atom stereocenters. The van der Waals surface area contributed by atoms with Crippen LogP contribution in [0.1, 0.15) is 31.0 Å². The summed E-state index contributed by atoms with van der Waals surface area (Å²) in [6.45, 7) is 6.09. The lowest BCUT2D eigenvalue weighted by molar-refractivity contribution is 0.574. The summed E-state index contributed by atoms with van der Waals surface area (Å²) in [6.07, 6.45) is 1.63. The van der Waals surface area contributed by atoms with Crippen LogP contribution >= 0.6 is 11.6 Å². The molecule has 2 rings (SSSR count). The quantitative estimate of drug-likeness (QED) is 0.744. The van der Waals surface area contributed by atoms with Gasteiger partial charge in [0.1, 0.15) is 5.15 Å². The van der Waals surface area contributed by atoms with Gasteiger partial charge < -0.3 is 4.42 Å². The van der Waals surface area contributed by atoms with E-state index >= 15 is 0 Å². The van der Waals surface area contributed by atoms with Crippen LogP contribution in [0, 0.1) is 6.92 Å². The molecule has 0 atom stereocenters. The van der Waals surface area contributed by atoms with Gasteiger partial charge >= 0.3 is 0 Å². The monoisotopic (exact) mass is 236 g/mol. The Morgan fingerprint density at radius 1 is 1.31 bits per heavy atom. The number of hydrogen-bond acceptors (Lipinski definition) is 3. The van der Waals surface area contributed by atoms with Crippen LogP contribution in [0.3, 0.4) is 0 Å². The summed E-state index contributed by atoms with van der Waals surface area (Å²) in [5.74, 6) is 1.55. The van der Waals surface area contributed by atoms with Crippen LogP contribution in [0.2, 0.25) is 5.15 Å². The Kier molecular flexibility index (Phi) is 2.97. The van der Waals surface area contributed by atoms with Crippen LogP contribution in [0.4, 0.5) is 0 Å². The van der Waals surface area contributed by atoms with Gasteiger partial charge in [0.15, 0.2) is 11.6 Å². The van der Waals surface area contributed by atoms with Crippen molar-refractivity contribution in [3.63, 3.8) is 0 Å². The van der Waals surface area contributed by atoms with Gasteiger partial charge in [0.05, 0.1) is 6.26 Å². The Morgan fingerprint density at radius 2 is 2.06 bits per heavy atom. The molecule has 0 bridgehead atoms. The fourth-order valence-corrected chi connectivity index (χ4v) is 1.63. The fourth-order valence-electron chi connectivity index (χ4n) is 1.43. The zero-order chi connectivity index (χ0) is 11.7. The maximum atomic E-state index is 5.97. The normalized spacial score (nSPS) is 11.1. The summed E-state index contributed by atoms with van der Waals surface area (Å²) < 4.78 is 5.36. The van der Waals surface area contributed by atoms with Crippen molar-refractivity contribution < 1.29 is 4.42 Å². The zero-order valence-electron chi connectivity index (χ0n) is 9.49. The maximum absolute atomic E-state index is 5.97. The molecule has 2 aromatic heterocycles. The van der Waals surface area contributed by atoms with E-state index in [4.69, 9.17) is 16.0 Å². The first-order chi connectivity index (χ1) is 7.58. The molecule has 0 aliphatic heterocycles. The van der Waals surface area contributed by atoms with Gasteiger partial charge in [-0.1, -0.05) is 25.4 Å². The topological polar surface area (TPSA) is 38.9 Å². The second-order valence-electron chi connectivity index (χ2n) is 4.03. The van der Waals surface area contributed by atoms with E-state index in [9.17, 15) is 0 Å². The van der Waals surface area contributed by atoms with Crippen LogP contribution < -0.4 is 0 Å². The van der Waals surface area contributed by atoms with Crippen molar-refractivity contribution in [1.82, 2.24) is 9.97 Å². The van der Waals surface area contributed by atoms with Gasteiger partial charge in [0.2, 0.25) is 0 Å². The van der Waals surface area contributed by atoms with Crippen molar-refractivity contribution in [2.45, 2.75) is 26.7 Å². The van der Waals surface area contributed by atoms with Crippen molar-refractivity contribution in [3.8, 4) is 11.6 Å². The van der Waals surface area contributed by atoms with E-state index in [0.717, 1.165) is 11.3 Å². The standard InChI is InChI=1S/C12H13ClN2O/c1-7(2)9-6-10(13)15-12(14-9)11-8(3)4-5-16-11/h4-7H,1-3H3. The van der Waals surface area contributed by atoms with Crippen LogP contribution in [0.25, 0.3) is 11.6 Å². The van der Waals surface area contributed by atoms with Crippen LogP contribution in [-0.4, -0.2) is 9.97 Å². The van der Waals surface area contributed by atoms with Gasteiger partial charge in [0.25, 0.3) is 0 Å². The summed E-state index contributed by atoms with van der Waals surface area (Å²) in [4.78, 5) is 8.63. The highest BCUT2D eigenvalue weighted by Crippen LogP contribution is 2.24. The fraction of sp³-hybridized carbons (Fsp3) is 0.333. The number of furan rings is 1. The maximum Gasteiger partial charge on any atom is 0.197 e. The minimum Gasteiger partial charge on any atom is -0.461 e. The van der Waals surface area contributed by atoms with Crippen molar-refractivity contribution in [2.75, 3.05) is 0 Å². The number of aromatic nitrogens is 2. The minimum absolute atomic E-state index is 0.314. The Bertz CT molecular complexity index is 505. The van der Waals surface area contributed by atoms with E-state index in [2.05, 4.69) is 23.8 Å². The Labute approximate surface area is 99.5 Å². The molecular formula is C12H13ClN2O. The van der Waals surface area contributed by atoms with Gasteiger partial charge in [-0.25, -0.2) is 9.97 Å². The SMILES string of the molecule is Cc1ccoc1-c1nc(Cl)cc(C(C)C)n1. The molecule has 0 aliphatic rings. The molecule has 2 aromatic rings. The van der Waals surface area contributed by atoms with Gasteiger partial charge in [-0.15, -0.1) is 0 Å². The third-order valence-corrected chi connectivity index (χ3v) is 2.57. The van der Waals surface area contributed by atoms with Crippen molar-refractivity contribution in [3.05, 3.63) is 34.8 Å². The summed E-state index contributed by atoms with van der Waals surface area (Å²) in [5, 5.41) is 0.449. The third kappa shape index (κ3) is 2.09. The third-order valence-electron chi connectivity index (χ3n) is 2.37.